The highest BCUT2D eigenvalue weighted by atomic mass is 35.5. The van der Waals surface area contributed by atoms with Gasteiger partial charge in [0.05, 0.1) is 15.6 Å². The maximum atomic E-state index is 13.4. The molecule has 146 valence electrons. The quantitative estimate of drug-likeness (QED) is 0.675. The molecular weight excluding hydrogens is 412 g/mol. The number of halogens is 3. The van der Waals surface area contributed by atoms with E-state index in [-0.39, 0.29) is 21.2 Å². The van der Waals surface area contributed by atoms with Crippen molar-refractivity contribution in [1.29, 1.82) is 0 Å². The van der Waals surface area contributed by atoms with E-state index in [1.165, 1.54) is 53.5 Å². The van der Waals surface area contributed by atoms with Gasteiger partial charge in [-0.15, -0.1) is 0 Å². The van der Waals surface area contributed by atoms with Crippen LogP contribution in [-0.4, -0.2) is 23.9 Å². The molecule has 6 nitrogen and oxygen atoms in total. The highest BCUT2D eigenvalue weighted by Crippen LogP contribution is 2.31. The van der Waals surface area contributed by atoms with Gasteiger partial charge in [-0.2, -0.15) is 0 Å². The van der Waals surface area contributed by atoms with E-state index in [0.717, 1.165) is 13.0 Å². The molecule has 0 unspecified atom stereocenters. The van der Waals surface area contributed by atoms with E-state index >= 15 is 0 Å². The van der Waals surface area contributed by atoms with Crippen LogP contribution in [0.4, 0.5) is 8.78 Å². The normalized spacial score (nSPS) is 12.0. The molecule has 0 aliphatic heterocycles. The Kier molecular flexibility index (Phi) is 5.22. The molecule has 0 saturated carbocycles. The molecule has 10 heteroatoms. The van der Waals surface area contributed by atoms with E-state index < -0.39 is 21.9 Å². The topological polar surface area (TPSA) is 81.1 Å². The van der Waals surface area contributed by atoms with Crippen LogP contribution in [0.5, 0.6) is 0 Å². The van der Waals surface area contributed by atoms with Gasteiger partial charge in [0.15, 0.2) is 0 Å². The summed E-state index contributed by atoms with van der Waals surface area (Å²) in [7, 11) is -4.05. The van der Waals surface area contributed by atoms with Crippen molar-refractivity contribution < 1.29 is 22.0 Å². The van der Waals surface area contributed by atoms with Gasteiger partial charge in [0.2, 0.25) is 0 Å². The van der Waals surface area contributed by atoms with E-state index in [4.69, 9.17) is 11.6 Å². The molecule has 0 saturated heterocycles. The summed E-state index contributed by atoms with van der Waals surface area (Å²) in [4.78, 5) is 16.0. The second-order valence-electron chi connectivity index (χ2n) is 5.97. The lowest BCUT2D eigenvalue weighted by molar-refractivity contribution is 0.0175. The Morgan fingerprint density at radius 3 is 2.46 bits per heavy atom. The molecule has 0 bridgehead atoms. The molecule has 1 aromatic heterocycles. The summed E-state index contributed by atoms with van der Waals surface area (Å²) in [5.74, 6) is -3.98. The zero-order valence-corrected chi connectivity index (χ0v) is 16.0. The Balaban J connectivity index is 1.84. The van der Waals surface area contributed by atoms with Gasteiger partial charge in [0, 0.05) is 18.7 Å². The zero-order valence-electron chi connectivity index (χ0n) is 14.4. The zero-order chi connectivity index (χ0) is 20.5. The summed E-state index contributed by atoms with van der Waals surface area (Å²) < 4.78 is 54.5. The van der Waals surface area contributed by atoms with Crippen LogP contribution in [0.3, 0.4) is 0 Å². The van der Waals surface area contributed by atoms with E-state index in [2.05, 4.69) is 4.98 Å². The first-order chi connectivity index (χ1) is 13.1. The number of amides is 1. The molecule has 0 spiro atoms. The smallest absolute Gasteiger partial charge is 0.285 e. The van der Waals surface area contributed by atoms with E-state index in [9.17, 15) is 22.0 Å². The van der Waals surface area contributed by atoms with Gasteiger partial charge >= 0.3 is 0 Å². The number of rotatable bonds is 5. The van der Waals surface area contributed by atoms with Crippen molar-refractivity contribution in [3.05, 3.63) is 77.3 Å². The SMILES string of the molecule is CC(F)(F)c1ccc(-n2cnc(C(=O)NS(=O)(=O)c3ccccc3)c2)c(Cl)c1. The Bertz CT molecular complexity index is 1130. The number of alkyl halides is 2. The van der Waals surface area contributed by atoms with Gasteiger partial charge < -0.3 is 4.57 Å². The highest BCUT2D eigenvalue weighted by Gasteiger charge is 2.25. The third kappa shape index (κ3) is 4.20. The number of nitrogens with one attached hydrogen (secondary N) is 1. The number of nitrogens with zero attached hydrogens (tertiary/aromatic N) is 2. The molecule has 1 amide bonds. The van der Waals surface area contributed by atoms with Crippen LogP contribution in [0.1, 0.15) is 23.0 Å². The number of aromatic nitrogens is 2. The van der Waals surface area contributed by atoms with Crippen LogP contribution < -0.4 is 4.72 Å². The lowest BCUT2D eigenvalue weighted by Gasteiger charge is -2.13. The number of imidazole rings is 1. The number of benzene rings is 2. The lowest BCUT2D eigenvalue weighted by Crippen LogP contribution is -2.30. The number of carbonyl (C=O) groups excluding carboxylic acids is 1. The van der Waals surface area contributed by atoms with Gasteiger partial charge in [-0.3, -0.25) is 4.79 Å². The summed E-state index contributed by atoms with van der Waals surface area (Å²) in [6.07, 6.45) is 2.48. The fourth-order valence-electron chi connectivity index (χ4n) is 2.39. The van der Waals surface area contributed by atoms with Crippen molar-refractivity contribution in [1.82, 2.24) is 14.3 Å². The maximum absolute atomic E-state index is 13.4. The first-order valence-electron chi connectivity index (χ1n) is 7.92. The maximum Gasteiger partial charge on any atom is 0.285 e. The van der Waals surface area contributed by atoms with Crippen LogP contribution in [0.2, 0.25) is 5.02 Å². The first kappa shape index (κ1) is 20.0. The monoisotopic (exact) mass is 425 g/mol. The molecule has 1 N–H and O–H groups in total. The summed E-state index contributed by atoms with van der Waals surface area (Å²) in [5, 5.41) is 0.0280. The van der Waals surface area contributed by atoms with Crippen molar-refractivity contribution in [3.8, 4) is 5.69 Å². The van der Waals surface area contributed by atoms with Crippen LogP contribution >= 0.6 is 11.6 Å². The minimum absolute atomic E-state index is 0.0280. The predicted molar refractivity (Wildman–Crippen MR) is 99.2 cm³/mol. The molecule has 0 aliphatic carbocycles. The average Bonchev–Trinajstić information content (AvgIpc) is 3.11. The lowest BCUT2D eigenvalue weighted by atomic mass is 10.1. The Morgan fingerprint density at radius 2 is 1.86 bits per heavy atom. The van der Waals surface area contributed by atoms with Gasteiger partial charge in [-0.1, -0.05) is 35.9 Å². The van der Waals surface area contributed by atoms with Gasteiger partial charge in [0.1, 0.15) is 12.0 Å². The van der Waals surface area contributed by atoms with Crippen molar-refractivity contribution >= 4 is 27.5 Å². The van der Waals surface area contributed by atoms with Gasteiger partial charge in [-0.05, 0) is 24.3 Å². The summed E-state index contributed by atoms with van der Waals surface area (Å²) in [6.45, 7) is 0.755. The van der Waals surface area contributed by atoms with Gasteiger partial charge in [0.25, 0.3) is 21.9 Å². The number of hydrogen-bond acceptors (Lipinski definition) is 4. The van der Waals surface area contributed by atoms with Crippen LogP contribution in [-0.2, 0) is 15.9 Å². The van der Waals surface area contributed by atoms with Crippen LogP contribution in [0.25, 0.3) is 5.69 Å². The van der Waals surface area contributed by atoms with E-state index in [1.54, 1.807) is 6.07 Å². The third-order valence-electron chi connectivity index (χ3n) is 3.83. The van der Waals surface area contributed by atoms with Crippen molar-refractivity contribution in [2.24, 2.45) is 0 Å². The molecule has 0 atom stereocenters. The van der Waals surface area contributed by atoms with Crippen LogP contribution in [0.15, 0.2) is 66.0 Å². The fraction of sp³-hybridized carbons (Fsp3) is 0.111. The largest absolute Gasteiger partial charge is 0.304 e. The number of carbonyl (C=O) groups is 1. The minimum atomic E-state index is -4.05. The number of hydrogen-bond donors (Lipinski definition) is 1. The molecular formula is C18H14ClF2N3O3S. The summed E-state index contributed by atoms with van der Waals surface area (Å²) in [6, 6.07) is 11.1. The van der Waals surface area contributed by atoms with Crippen molar-refractivity contribution in [2.75, 3.05) is 0 Å². The van der Waals surface area contributed by atoms with E-state index in [0.29, 0.717) is 5.69 Å². The summed E-state index contributed by atoms with van der Waals surface area (Å²) in [5.41, 5.74) is -0.124. The number of sulfonamides is 1. The van der Waals surface area contributed by atoms with Crippen molar-refractivity contribution in [2.45, 2.75) is 17.7 Å². The molecule has 3 rings (SSSR count). The summed E-state index contributed by atoms with van der Waals surface area (Å²) >= 11 is 6.07. The van der Waals surface area contributed by atoms with Gasteiger partial charge in [-0.25, -0.2) is 26.9 Å². The average molecular weight is 426 g/mol. The minimum Gasteiger partial charge on any atom is -0.304 e. The second kappa shape index (κ2) is 7.33. The molecule has 0 radical (unpaired) electrons. The molecule has 2 aromatic carbocycles. The first-order valence-corrected chi connectivity index (χ1v) is 9.78. The Morgan fingerprint density at radius 1 is 1.18 bits per heavy atom. The molecule has 0 aliphatic rings. The van der Waals surface area contributed by atoms with E-state index in [1.807, 2.05) is 4.72 Å². The highest BCUT2D eigenvalue weighted by molar-refractivity contribution is 7.90. The predicted octanol–water partition coefficient (Wildman–Crippen LogP) is 3.76. The molecule has 28 heavy (non-hydrogen) atoms. The molecule has 3 aromatic rings. The third-order valence-corrected chi connectivity index (χ3v) is 5.48. The Hall–Kier alpha value is -2.78. The second-order valence-corrected chi connectivity index (χ2v) is 8.06. The molecule has 0 fully saturated rings. The Labute approximate surface area is 164 Å². The van der Waals surface area contributed by atoms with Crippen LogP contribution in [0, 0.1) is 0 Å². The fourth-order valence-corrected chi connectivity index (χ4v) is 3.65. The molecule has 1 heterocycles. The standard InChI is InChI=1S/C18H14ClF2N3O3S/c1-18(20,21)12-7-8-16(14(19)9-12)24-10-15(22-11-24)17(25)23-28(26,27)13-5-3-2-4-6-13/h2-11H,1H3,(H,23,25). The van der Waals surface area contributed by atoms with Crippen molar-refractivity contribution in [3.63, 3.8) is 0 Å².